The average Bonchev–Trinajstić information content (AvgIpc) is 1.99. The molecule has 0 aromatic carbocycles. The van der Waals surface area contributed by atoms with Gasteiger partial charge in [0.05, 0.1) is 11.2 Å². The minimum absolute atomic E-state index is 0.418. The van der Waals surface area contributed by atoms with Crippen LogP contribution in [-0.2, 0) is 0 Å². The van der Waals surface area contributed by atoms with E-state index in [1.807, 2.05) is 13.8 Å². The molecule has 0 aromatic rings. The first-order valence-corrected chi connectivity index (χ1v) is 5.85. The molecule has 1 atom stereocenters. The van der Waals surface area contributed by atoms with Gasteiger partial charge in [-0.05, 0) is 40.0 Å². The van der Waals surface area contributed by atoms with E-state index in [0.717, 1.165) is 0 Å². The predicted molar refractivity (Wildman–Crippen MR) is 70.2 cm³/mol. The van der Waals surface area contributed by atoms with E-state index in [0.29, 0.717) is 12.3 Å². The van der Waals surface area contributed by atoms with Crippen molar-refractivity contribution in [2.45, 2.75) is 65.1 Å². The van der Waals surface area contributed by atoms with Gasteiger partial charge in [-0.1, -0.05) is 13.8 Å². The lowest BCUT2D eigenvalue weighted by Crippen LogP contribution is -2.44. The summed E-state index contributed by atoms with van der Waals surface area (Å²) in [6, 6.07) is 0. The highest BCUT2D eigenvalue weighted by molar-refractivity contribution is 6.43. The Kier molecular flexibility index (Phi) is 8.29. The Morgan fingerprint density at radius 3 is 1.35 bits per heavy atom. The topological polar surface area (TPSA) is 107 Å². The zero-order chi connectivity index (χ0) is 14.4. The van der Waals surface area contributed by atoms with Crippen molar-refractivity contribution in [3.63, 3.8) is 0 Å². The second kappa shape index (κ2) is 7.33. The third kappa shape index (κ3) is 10.7. The molecule has 0 aliphatic rings. The lowest BCUT2D eigenvalue weighted by Gasteiger charge is -2.31. The third-order valence-electron chi connectivity index (χ3n) is 2.62. The van der Waals surface area contributed by atoms with Crippen molar-refractivity contribution in [1.82, 2.24) is 0 Å². The van der Waals surface area contributed by atoms with Crippen LogP contribution in [0.1, 0.15) is 48.0 Å². The summed E-state index contributed by atoms with van der Waals surface area (Å²) in [6.45, 7) is 10.3. The second-order valence-corrected chi connectivity index (χ2v) is 5.83. The smallest absolute Gasteiger partial charge is 0.426 e. The van der Waals surface area contributed by atoms with E-state index in [1.165, 1.54) is 0 Å². The maximum atomic E-state index is 9.10. The molecule has 6 heteroatoms. The molecule has 0 fully saturated rings. The highest BCUT2D eigenvalue weighted by atomic mass is 16.4. The van der Waals surface area contributed by atoms with Crippen LogP contribution in [0.4, 0.5) is 0 Å². The molecule has 0 heterocycles. The lowest BCUT2D eigenvalue weighted by molar-refractivity contribution is -0.107. The van der Waals surface area contributed by atoms with E-state index in [2.05, 4.69) is 0 Å². The molecule has 0 aliphatic heterocycles. The maximum absolute atomic E-state index is 9.10. The van der Waals surface area contributed by atoms with E-state index in [9.17, 15) is 0 Å². The van der Waals surface area contributed by atoms with E-state index < -0.39 is 24.3 Å². The van der Waals surface area contributed by atoms with E-state index in [4.69, 9.17) is 26.0 Å². The molecule has 0 saturated carbocycles. The van der Waals surface area contributed by atoms with Crippen molar-refractivity contribution in [1.29, 1.82) is 0 Å². The molecular formula is C11H28BNO4. The molecule has 0 unspecified atom stereocenters. The Labute approximate surface area is 105 Å². The van der Waals surface area contributed by atoms with Gasteiger partial charge < -0.3 is 26.0 Å². The quantitative estimate of drug-likeness (QED) is 0.447. The van der Waals surface area contributed by atoms with Crippen molar-refractivity contribution in [3.05, 3.63) is 0 Å². The average molecular weight is 249 g/mol. The van der Waals surface area contributed by atoms with Crippen LogP contribution < -0.4 is 5.73 Å². The van der Waals surface area contributed by atoms with Crippen molar-refractivity contribution in [2.24, 2.45) is 11.7 Å². The summed E-state index contributed by atoms with van der Waals surface area (Å²) in [7, 11) is -1.37. The molecule has 0 amide bonds. The van der Waals surface area contributed by atoms with Crippen LogP contribution in [0.2, 0.25) is 0 Å². The fraction of sp³-hybridized carbons (Fsp3) is 1.00. The zero-order valence-corrected chi connectivity index (χ0v) is 11.8. The van der Waals surface area contributed by atoms with E-state index >= 15 is 0 Å². The Balaban J connectivity index is 0. The van der Waals surface area contributed by atoms with Gasteiger partial charge in [0, 0.05) is 5.94 Å². The summed E-state index contributed by atoms with van der Waals surface area (Å²) in [4.78, 5) is 0. The standard InChI is InChI=1S/C6H14O2.C5H14BNO2/c1-5(2,7)6(3,4)8;1-4(2)3-5(7)6(8)9/h7-8H,1-4H3;4-5,8-9H,3,7H2,1-2H3/t;5-/m.0/s1. The van der Waals surface area contributed by atoms with Crippen LogP contribution in [0.3, 0.4) is 0 Å². The van der Waals surface area contributed by atoms with E-state index in [-0.39, 0.29) is 0 Å². The first kappa shape index (κ1) is 19.2. The summed E-state index contributed by atoms with van der Waals surface area (Å²) in [5.41, 5.74) is 3.30. The normalized spacial score (nSPS) is 14.1. The number of hydrogen-bond acceptors (Lipinski definition) is 5. The van der Waals surface area contributed by atoms with Gasteiger partial charge in [-0.15, -0.1) is 0 Å². The number of nitrogens with two attached hydrogens (primary N) is 1. The molecular weight excluding hydrogens is 221 g/mol. The Morgan fingerprint density at radius 2 is 1.29 bits per heavy atom. The molecule has 0 saturated heterocycles. The molecule has 5 nitrogen and oxygen atoms in total. The zero-order valence-electron chi connectivity index (χ0n) is 11.8. The molecule has 0 aromatic heterocycles. The Bertz CT molecular complexity index is 185. The molecule has 17 heavy (non-hydrogen) atoms. The summed E-state index contributed by atoms with van der Waals surface area (Å²) >= 11 is 0. The first-order valence-electron chi connectivity index (χ1n) is 5.85. The predicted octanol–water partition coefficient (Wildman–Crippen LogP) is -0.1000. The van der Waals surface area contributed by atoms with Gasteiger partial charge in [-0.3, -0.25) is 0 Å². The summed E-state index contributed by atoms with van der Waals surface area (Å²) in [5.74, 6) is -0.0770. The maximum Gasteiger partial charge on any atom is 0.469 e. The first-order chi connectivity index (χ1) is 7.29. The van der Waals surface area contributed by atoms with Crippen molar-refractivity contribution in [3.8, 4) is 0 Å². The fourth-order valence-electron chi connectivity index (χ4n) is 0.666. The molecule has 0 bridgehead atoms. The molecule has 0 radical (unpaired) electrons. The summed E-state index contributed by atoms with van der Waals surface area (Å²) < 4.78 is 0. The van der Waals surface area contributed by atoms with Crippen LogP contribution >= 0.6 is 0 Å². The van der Waals surface area contributed by atoms with Crippen LogP contribution in [-0.4, -0.2) is 44.5 Å². The summed E-state index contributed by atoms with van der Waals surface area (Å²) in [6.07, 6.45) is 0.650. The van der Waals surface area contributed by atoms with Crippen molar-refractivity contribution < 1.29 is 20.3 Å². The van der Waals surface area contributed by atoms with Crippen LogP contribution in [0.5, 0.6) is 0 Å². The molecule has 0 rings (SSSR count). The minimum Gasteiger partial charge on any atom is -0.426 e. The Morgan fingerprint density at radius 1 is 1.00 bits per heavy atom. The van der Waals surface area contributed by atoms with Gasteiger partial charge in [0.2, 0.25) is 0 Å². The van der Waals surface area contributed by atoms with Crippen LogP contribution in [0.25, 0.3) is 0 Å². The molecule has 0 spiro atoms. The minimum atomic E-state index is -1.37. The third-order valence-corrected chi connectivity index (χ3v) is 2.62. The van der Waals surface area contributed by atoms with Crippen LogP contribution in [0, 0.1) is 5.92 Å². The molecule has 104 valence electrons. The van der Waals surface area contributed by atoms with Gasteiger partial charge >= 0.3 is 7.12 Å². The van der Waals surface area contributed by atoms with Gasteiger partial charge in [-0.2, -0.15) is 0 Å². The van der Waals surface area contributed by atoms with Crippen molar-refractivity contribution in [2.75, 3.05) is 0 Å². The highest BCUT2D eigenvalue weighted by Crippen LogP contribution is 2.19. The largest absolute Gasteiger partial charge is 0.469 e. The van der Waals surface area contributed by atoms with Gasteiger partial charge in [0.1, 0.15) is 0 Å². The summed E-state index contributed by atoms with van der Waals surface area (Å²) in [5, 5.41) is 35.2. The van der Waals surface area contributed by atoms with Gasteiger partial charge in [0.15, 0.2) is 0 Å². The number of aliphatic hydroxyl groups is 2. The van der Waals surface area contributed by atoms with Gasteiger partial charge in [0.25, 0.3) is 0 Å². The highest BCUT2D eigenvalue weighted by Gasteiger charge is 2.31. The number of rotatable bonds is 4. The number of hydrogen-bond donors (Lipinski definition) is 5. The lowest BCUT2D eigenvalue weighted by atomic mass is 9.76. The Hall–Kier alpha value is -0.135. The monoisotopic (exact) mass is 249 g/mol. The molecule has 6 N–H and O–H groups in total. The second-order valence-electron chi connectivity index (χ2n) is 5.83. The SMILES string of the molecule is CC(C)(O)C(C)(C)O.CC(C)C[C@H](N)B(O)O. The fourth-order valence-corrected chi connectivity index (χ4v) is 0.666. The van der Waals surface area contributed by atoms with Gasteiger partial charge in [-0.25, -0.2) is 0 Å². The van der Waals surface area contributed by atoms with E-state index in [1.54, 1.807) is 27.7 Å². The van der Waals surface area contributed by atoms with Crippen molar-refractivity contribution >= 4 is 7.12 Å². The van der Waals surface area contributed by atoms with Crippen LogP contribution in [0.15, 0.2) is 0 Å². The molecule has 0 aliphatic carbocycles.